The first-order chi connectivity index (χ1) is 8.74. The molecule has 0 saturated heterocycles. The minimum absolute atomic E-state index is 0.100. The Bertz CT molecular complexity index is 470. The van der Waals surface area contributed by atoms with Crippen LogP contribution in [0.3, 0.4) is 0 Å². The molecule has 0 aliphatic heterocycles. The number of halogens is 1. The number of hydrogen-bond acceptors (Lipinski definition) is 2. The first-order valence-corrected chi connectivity index (χ1v) is 6.33. The molecule has 1 unspecified atom stereocenters. The predicted octanol–water partition coefficient (Wildman–Crippen LogP) is 4.22. The van der Waals surface area contributed by atoms with E-state index in [9.17, 15) is 0 Å². The van der Waals surface area contributed by atoms with Gasteiger partial charge in [0.25, 0.3) is 0 Å². The van der Waals surface area contributed by atoms with Crippen LogP contribution in [-0.2, 0) is 0 Å². The molecule has 0 amide bonds. The first-order valence-electron chi connectivity index (χ1n) is 5.95. The zero-order valence-electron chi connectivity index (χ0n) is 10.3. The van der Waals surface area contributed by atoms with Gasteiger partial charge in [-0.05, 0) is 43.3 Å². The molecule has 0 aliphatic carbocycles. The Balaban J connectivity index is 1.81. The number of para-hydroxylation sites is 1. The summed E-state index contributed by atoms with van der Waals surface area (Å²) >= 11 is 5.83. The van der Waals surface area contributed by atoms with E-state index in [0.717, 1.165) is 23.0 Å². The van der Waals surface area contributed by atoms with Gasteiger partial charge in [-0.3, -0.25) is 0 Å². The second-order valence-corrected chi connectivity index (χ2v) is 4.57. The van der Waals surface area contributed by atoms with E-state index in [4.69, 9.17) is 16.3 Å². The number of anilines is 1. The van der Waals surface area contributed by atoms with Crippen LogP contribution in [0.2, 0.25) is 5.02 Å². The minimum atomic E-state index is 0.100. The summed E-state index contributed by atoms with van der Waals surface area (Å²) in [5, 5.41) is 4.05. The Labute approximate surface area is 113 Å². The van der Waals surface area contributed by atoms with Crippen LogP contribution < -0.4 is 10.1 Å². The number of nitrogens with one attached hydrogen (secondary N) is 1. The maximum Gasteiger partial charge on any atom is 0.119 e. The molecule has 2 aromatic rings. The molecule has 0 heterocycles. The van der Waals surface area contributed by atoms with Crippen molar-refractivity contribution in [2.45, 2.75) is 13.0 Å². The number of benzene rings is 2. The maximum atomic E-state index is 5.83. The molecule has 1 atom stereocenters. The van der Waals surface area contributed by atoms with Crippen molar-refractivity contribution < 1.29 is 4.74 Å². The van der Waals surface area contributed by atoms with E-state index < -0.39 is 0 Å². The fraction of sp³-hybridized carbons (Fsp3) is 0.200. The van der Waals surface area contributed by atoms with Gasteiger partial charge in [-0.15, -0.1) is 0 Å². The number of rotatable bonds is 5. The van der Waals surface area contributed by atoms with Gasteiger partial charge >= 0.3 is 0 Å². The highest BCUT2D eigenvalue weighted by atomic mass is 35.5. The quantitative estimate of drug-likeness (QED) is 0.870. The van der Waals surface area contributed by atoms with Gasteiger partial charge in [0.1, 0.15) is 11.9 Å². The molecular formula is C15H16ClNO. The van der Waals surface area contributed by atoms with Crippen molar-refractivity contribution in [3.8, 4) is 5.75 Å². The van der Waals surface area contributed by atoms with Crippen molar-refractivity contribution in [2.75, 3.05) is 11.9 Å². The molecule has 18 heavy (non-hydrogen) atoms. The highest BCUT2D eigenvalue weighted by Crippen LogP contribution is 2.14. The monoisotopic (exact) mass is 261 g/mol. The second-order valence-electron chi connectivity index (χ2n) is 4.13. The largest absolute Gasteiger partial charge is 0.489 e. The summed E-state index contributed by atoms with van der Waals surface area (Å²) < 4.78 is 5.77. The van der Waals surface area contributed by atoms with Crippen LogP contribution >= 0.6 is 11.6 Å². The van der Waals surface area contributed by atoms with Crippen LogP contribution in [0.5, 0.6) is 5.75 Å². The molecule has 94 valence electrons. The van der Waals surface area contributed by atoms with Crippen molar-refractivity contribution in [2.24, 2.45) is 0 Å². The van der Waals surface area contributed by atoms with Gasteiger partial charge < -0.3 is 10.1 Å². The standard InChI is InChI=1S/C15H16ClNO/c1-12(18-15-5-3-2-4-6-15)11-17-14-9-7-13(16)8-10-14/h2-10,12,17H,11H2,1H3. The Morgan fingerprint density at radius 1 is 1.06 bits per heavy atom. The van der Waals surface area contributed by atoms with E-state index >= 15 is 0 Å². The van der Waals surface area contributed by atoms with Gasteiger partial charge in [0.15, 0.2) is 0 Å². The third-order valence-corrected chi connectivity index (χ3v) is 2.77. The molecule has 2 nitrogen and oxygen atoms in total. The molecule has 0 saturated carbocycles. The average Bonchev–Trinajstić information content (AvgIpc) is 2.39. The molecule has 0 fully saturated rings. The molecular weight excluding hydrogens is 246 g/mol. The Morgan fingerprint density at radius 2 is 1.72 bits per heavy atom. The smallest absolute Gasteiger partial charge is 0.119 e. The van der Waals surface area contributed by atoms with Crippen LogP contribution in [-0.4, -0.2) is 12.6 Å². The molecule has 0 radical (unpaired) electrons. The molecule has 0 spiro atoms. The van der Waals surface area contributed by atoms with Gasteiger partial charge in [-0.1, -0.05) is 29.8 Å². The Hall–Kier alpha value is -1.67. The van der Waals surface area contributed by atoms with Crippen LogP contribution in [0, 0.1) is 0 Å². The van der Waals surface area contributed by atoms with Crippen LogP contribution in [0.25, 0.3) is 0 Å². The van der Waals surface area contributed by atoms with Crippen molar-refractivity contribution in [3.05, 3.63) is 59.6 Å². The summed E-state index contributed by atoms with van der Waals surface area (Å²) in [7, 11) is 0. The van der Waals surface area contributed by atoms with E-state index in [0.29, 0.717) is 0 Å². The van der Waals surface area contributed by atoms with Crippen molar-refractivity contribution in [1.82, 2.24) is 0 Å². The Kier molecular flexibility index (Phi) is 4.48. The maximum absolute atomic E-state index is 5.83. The predicted molar refractivity (Wildman–Crippen MR) is 76.5 cm³/mol. The van der Waals surface area contributed by atoms with E-state index in [1.165, 1.54) is 0 Å². The molecule has 0 aromatic heterocycles. The molecule has 2 rings (SSSR count). The molecule has 1 N–H and O–H groups in total. The molecule has 0 bridgehead atoms. The highest BCUT2D eigenvalue weighted by molar-refractivity contribution is 6.30. The minimum Gasteiger partial charge on any atom is -0.489 e. The summed E-state index contributed by atoms with van der Waals surface area (Å²) in [6, 6.07) is 17.5. The van der Waals surface area contributed by atoms with Gasteiger partial charge in [-0.2, -0.15) is 0 Å². The summed E-state index contributed by atoms with van der Waals surface area (Å²) in [6.07, 6.45) is 0.100. The van der Waals surface area contributed by atoms with Crippen molar-refractivity contribution in [1.29, 1.82) is 0 Å². The van der Waals surface area contributed by atoms with E-state index in [-0.39, 0.29) is 6.10 Å². The lowest BCUT2D eigenvalue weighted by Crippen LogP contribution is -2.22. The molecule has 3 heteroatoms. The van der Waals surface area contributed by atoms with Gasteiger partial charge in [-0.25, -0.2) is 0 Å². The summed E-state index contributed by atoms with van der Waals surface area (Å²) in [6.45, 7) is 2.78. The number of ether oxygens (including phenoxy) is 1. The second kappa shape index (κ2) is 6.31. The zero-order valence-corrected chi connectivity index (χ0v) is 11.0. The van der Waals surface area contributed by atoms with Gasteiger partial charge in [0, 0.05) is 10.7 Å². The summed E-state index contributed by atoms with van der Waals surface area (Å²) in [4.78, 5) is 0. The average molecular weight is 262 g/mol. The van der Waals surface area contributed by atoms with Crippen LogP contribution in [0.4, 0.5) is 5.69 Å². The van der Waals surface area contributed by atoms with Crippen molar-refractivity contribution >= 4 is 17.3 Å². The lowest BCUT2D eigenvalue weighted by atomic mass is 10.3. The third-order valence-electron chi connectivity index (χ3n) is 2.52. The zero-order chi connectivity index (χ0) is 12.8. The topological polar surface area (TPSA) is 21.3 Å². The van der Waals surface area contributed by atoms with Gasteiger partial charge in [0.05, 0.1) is 6.54 Å². The fourth-order valence-corrected chi connectivity index (χ4v) is 1.73. The normalized spacial score (nSPS) is 11.9. The highest BCUT2D eigenvalue weighted by Gasteiger charge is 2.03. The Morgan fingerprint density at radius 3 is 2.39 bits per heavy atom. The van der Waals surface area contributed by atoms with Gasteiger partial charge in [0.2, 0.25) is 0 Å². The lowest BCUT2D eigenvalue weighted by molar-refractivity contribution is 0.235. The fourth-order valence-electron chi connectivity index (χ4n) is 1.60. The van der Waals surface area contributed by atoms with Crippen molar-refractivity contribution in [3.63, 3.8) is 0 Å². The van der Waals surface area contributed by atoms with Crippen LogP contribution in [0.1, 0.15) is 6.92 Å². The first kappa shape index (κ1) is 12.8. The van der Waals surface area contributed by atoms with Crippen LogP contribution in [0.15, 0.2) is 54.6 Å². The SMILES string of the molecule is CC(CNc1ccc(Cl)cc1)Oc1ccccc1. The number of hydrogen-bond donors (Lipinski definition) is 1. The molecule has 2 aromatic carbocycles. The lowest BCUT2D eigenvalue weighted by Gasteiger charge is -2.16. The van der Waals surface area contributed by atoms with E-state index in [2.05, 4.69) is 5.32 Å². The third kappa shape index (κ3) is 3.97. The summed E-state index contributed by atoms with van der Waals surface area (Å²) in [5.41, 5.74) is 1.04. The van der Waals surface area contributed by atoms with E-state index in [1.807, 2.05) is 61.5 Å². The summed E-state index contributed by atoms with van der Waals surface area (Å²) in [5.74, 6) is 0.892. The molecule has 0 aliphatic rings. The van der Waals surface area contributed by atoms with E-state index in [1.54, 1.807) is 0 Å².